The van der Waals surface area contributed by atoms with Crippen LogP contribution in [-0.4, -0.2) is 38.1 Å². The molecule has 0 unspecified atom stereocenters. The molecule has 0 radical (unpaired) electrons. The van der Waals surface area contributed by atoms with Crippen LogP contribution in [0.1, 0.15) is 59.6 Å². The van der Waals surface area contributed by atoms with E-state index in [-0.39, 0.29) is 36.3 Å². The highest BCUT2D eigenvalue weighted by molar-refractivity contribution is 7.89. The molecule has 238 valence electrons. The summed E-state index contributed by atoms with van der Waals surface area (Å²) < 4.78 is 41.2. The molecule has 4 atom stereocenters. The van der Waals surface area contributed by atoms with Gasteiger partial charge < -0.3 is 14.6 Å². The van der Waals surface area contributed by atoms with E-state index in [4.69, 9.17) is 9.47 Å². The maximum absolute atomic E-state index is 12.7. The smallest absolute Gasteiger partial charge is 0.240 e. The van der Waals surface area contributed by atoms with Gasteiger partial charge in [0.25, 0.3) is 0 Å². The third-order valence-corrected chi connectivity index (χ3v) is 10.2. The lowest BCUT2D eigenvalue weighted by Gasteiger charge is -2.39. The van der Waals surface area contributed by atoms with Crippen molar-refractivity contribution >= 4 is 20.8 Å². The summed E-state index contributed by atoms with van der Waals surface area (Å²) in [4.78, 5) is 2.56. The second-order valence-electron chi connectivity index (χ2n) is 12.0. The van der Waals surface area contributed by atoms with Crippen LogP contribution in [0, 0.1) is 0 Å². The van der Waals surface area contributed by atoms with Gasteiger partial charge in [0.05, 0.1) is 23.7 Å². The Kier molecular flexibility index (Phi) is 9.94. The summed E-state index contributed by atoms with van der Waals surface area (Å²) in [5.74, 6) is 0. The first-order valence-corrected chi connectivity index (χ1v) is 17.1. The fourth-order valence-corrected chi connectivity index (χ4v) is 6.93. The summed E-state index contributed by atoms with van der Waals surface area (Å²) in [6.45, 7) is 3.09. The first-order chi connectivity index (χ1) is 22.3. The van der Waals surface area contributed by atoms with Gasteiger partial charge in [0.15, 0.2) is 6.29 Å². The van der Waals surface area contributed by atoms with Gasteiger partial charge >= 0.3 is 0 Å². The largest absolute Gasteiger partial charge is 0.392 e. The van der Waals surface area contributed by atoms with E-state index in [1.54, 1.807) is 30.3 Å². The molecular formula is C38H40N2O5S. The number of nitrogens with one attached hydrogen (secondary N) is 1. The third kappa shape index (κ3) is 7.56. The van der Waals surface area contributed by atoms with Crippen molar-refractivity contribution in [2.24, 2.45) is 0 Å². The van der Waals surface area contributed by atoms with Crippen LogP contribution < -0.4 is 4.72 Å². The Hall–Kier alpha value is -3.89. The van der Waals surface area contributed by atoms with Crippen LogP contribution in [0.4, 0.5) is 0 Å². The topological polar surface area (TPSA) is 88.1 Å². The van der Waals surface area contributed by atoms with E-state index in [0.717, 1.165) is 22.3 Å². The van der Waals surface area contributed by atoms with E-state index in [2.05, 4.69) is 66.1 Å². The van der Waals surface area contributed by atoms with Crippen molar-refractivity contribution in [2.75, 3.05) is 13.6 Å². The maximum Gasteiger partial charge on any atom is 0.240 e. The van der Waals surface area contributed by atoms with Gasteiger partial charge in [-0.2, -0.15) is 0 Å². The van der Waals surface area contributed by atoms with E-state index in [9.17, 15) is 13.5 Å². The summed E-state index contributed by atoms with van der Waals surface area (Å²) in [5, 5.41) is 12.0. The normalized spacial score (nSPS) is 19.3. The Morgan fingerprint density at radius 1 is 0.804 bits per heavy atom. The molecule has 0 amide bonds. The highest BCUT2D eigenvalue weighted by Gasteiger charge is 2.33. The minimum atomic E-state index is -3.61. The molecule has 46 heavy (non-hydrogen) atoms. The number of rotatable bonds is 11. The molecule has 5 aromatic rings. The predicted molar refractivity (Wildman–Crippen MR) is 180 cm³/mol. The lowest BCUT2D eigenvalue weighted by atomic mass is 9.98. The third-order valence-electron chi connectivity index (χ3n) is 8.80. The fraction of sp³-hybridized carbons (Fsp3) is 0.263. The fourth-order valence-electron chi connectivity index (χ4n) is 5.89. The van der Waals surface area contributed by atoms with E-state index in [0.29, 0.717) is 13.0 Å². The quantitative estimate of drug-likeness (QED) is 0.162. The van der Waals surface area contributed by atoms with Crippen molar-refractivity contribution < 1.29 is 23.0 Å². The van der Waals surface area contributed by atoms with E-state index < -0.39 is 16.3 Å². The zero-order chi connectivity index (χ0) is 32.1. The molecule has 2 N–H and O–H groups in total. The zero-order valence-electron chi connectivity index (χ0n) is 26.1. The zero-order valence-corrected chi connectivity index (χ0v) is 26.9. The Bertz CT molecular complexity index is 1850. The molecule has 5 aromatic carbocycles. The van der Waals surface area contributed by atoms with Crippen molar-refractivity contribution in [3.05, 3.63) is 149 Å². The summed E-state index contributed by atoms with van der Waals surface area (Å²) in [6, 6.07) is 39.1. The molecule has 6 rings (SSSR count). The molecule has 1 aliphatic heterocycles. The van der Waals surface area contributed by atoms with Gasteiger partial charge in [0.1, 0.15) is 0 Å². The summed E-state index contributed by atoms with van der Waals surface area (Å²) in [7, 11) is -1.48. The molecule has 0 aromatic heterocycles. The molecule has 1 fully saturated rings. The van der Waals surface area contributed by atoms with Crippen LogP contribution in [0.15, 0.2) is 126 Å². The number of likely N-dealkylation sites (N-methyl/N-ethyl adjacent to an activating group) is 1. The maximum atomic E-state index is 12.7. The number of aliphatic hydroxyl groups excluding tert-OH is 1. The van der Waals surface area contributed by atoms with Crippen LogP contribution in [-0.2, 0) is 32.6 Å². The lowest BCUT2D eigenvalue weighted by Crippen LogP contribution is -2.38. The predicted octanol–water partition coefficient (Wildman–Crippen LogP) is 7.05. The highest BCUT2D eigenvalue weighted by atomic mass is 32.2. The molecule has 0 spiro atoms. The average molecular weight is 637 g/mol. The lowest BCUT2D eigenvalue weighted by molar-refractivity contribution is -0.253. The monoisotopic (exact) mass is 636 g/mol. The number of sulfonamides is 1. The first kappa shape index (κ1) is 32.1. The summed E-state index contributed by atoms with van der Waals surface area (Å²) in [6.07, 6.45) is -0.214. The van der Waals surface area contributed by atoms with Gasteiger partial charge in [-0.15, -0.1) is 0 Å². The van der Waals surface area contributed by atoms with Gasteiger partial charge in [-0.05, 0) is 65.2 Å². The van der Waals surface area contributed by atoms with Crippen LogP contribution in [0.3, 0.4) is 0 Å². The number of hydrogen-bond donors (Lipinski definition) is 2. The molecule has 1 saturated heterocycles. The molecule has 0 bridgehead atoms. The molecule has 0 aliphatic carbocycles. The minimum absolute atomic E-state index is 0.00846. The molecule has 7 nitrogen and oxygen atoms in total. The average Bonchev–Trinajstić information content (AvgIpc) is 3.10. The van der Waals surface area contributed by atoms with Crippen molar-refractivity contribution in [3.8, 4) is 0 Å². The second kappa shape index (κ2) is 14.3. The highest BCUT2D eigenvalue weighted by Crippen LogP contribution is 2.39. The molecule has 1 aliphatic rings. The molecule has 1 heterocycles. The number of ether oxygens (including phenoxy) is 2. The SMILES string of the molecule is C[C@H](c1ccc2ccccc2c1)N(C)C[C@@H]1C[C@H](c2ccc(CO)cc2)O[C@H](c2ccc(CNS(=O)(=O)c3ccccc3)cc2)O1. The Balaban J connectivity index is 1.17. The summed E-state index contributed by atoms with van der Waals surface area (Å²) >= 11 is 0. The van der Waals surface area contributed by atoms with Crippen LogP contribution in [0.25, 0.3) is 10.8 Å². The van der Waals surface area contributed by atoms with Gasteiger partial charge in [-0.3, -0.25) is 4.90 Å². The Labute approximate surface area is 271 Å². The van der Waals surface area contributed by atoms with Crippen LogP contribution in [0.5, 0.6) is 0 Å². The molecule has 8 heteroatoms. The van der Waals surface area contributed by atoms with Gasteiger partial charge in [0, 0.05) is 31.1 Å². The van der Waals surface area contributed by atoms with Crippen molar-refractivity contribution in [1.29, 1.82) is 0 Å². The molecular weight excluding hydrogens is 596 g/mol. The summed E-state index contributed by atoms with van der Waals surface area (Å²) in [5.41, 5.74) is 4.83. The van der Waals surface area contributed by atoms with E-state index in [1.165, 1.54) is 16.3 Å². The van der Waals surface area contributed by atoms with Crippen molar-refractivity contribution in [2.45, 2.75) is 55.9 Å². The standard InChI is InChI=1S/C38H40N2O5S/c1-27(33-21-20-30-8-6-7-9-34(30)22-33)40(2)25-35-23-37(31-16-14-29(26-41)15-17-31)45-38(44-35)32-18-12-28(13-19-32)24-39-46(42,43)36-10-4-3-5-11-36/h3-22,27,35,37-39,41H,23-26H2,1-2H3/t27-,35+,37-,38-/m1/s1. The van der Waals surface area contributed by atoms with Crippen LogP contribution in [0.2, 0.25) is 0 Å². The van der Waals surface area contributed by atoms with Gasteiger partial charge in [-0.1, -0.05) is 103 Å². The van der Waals surface area contributed by atoms with Crippen molar-refractivity contribution in [1.82, 2.24) is 9.62 Å². The Morgan fingerprint density at radius 2 is 1.46 bits per heavy atom. The minimum Gasteiger partial charge on any atom is -0.392 e. The van der Waals surface area contributed by atoms with Crippen molar-refractivity contribution in [3.63, 3.8) is 0 Å². The Morgan fingerprint density at radius 3 is 2.17 bits per heavy atom. The van der Waals surface area contributed by atoms with Gasteiger partial charge in [0.2, 0.25) is 10.0 Å². The number of benzene rings is 5. The number of hydrogen-bond acceptors (Lipinski definition) is 6. The van der Waals surface area contributed by atoms with E-state index in [1.807, 2.05) is 48.5 Å². The number of fused-ring (bicyclic) bond motifs is 1. The number of aliphatic hydroxyl groups is 1. The number of nitrogens with zero attached hydrogens (tertiary/aromatic N) is 1. The van der Waals surface area contributed by atoms with Crippen LogP contribution >= 0.6 is 0 Å². The van der Waals surface area contributed by atoms with E-state index >= 15 is 0 Å². The van der Waals surface area contributed by atoms with Gasteiger partial charge in [-0.25, -0.2) is 13.1 Å². The first-order valence-electron chi connectivity index (χ1n) is 15.6. The second-order valence-corrected chi connectivity index (χ2v) is 13.7. The molecule has 0 saturated carbocycles.